The summed E-state index contributed by atoms with van der Waals surface area (Å²) >= 11 is 2.74. The van der Waals surface area contributed by atoms with Gasteiger partial charge in [-0.3, -0.25) is 19.5 Å². The maximum Gasteiger partial charge on any atom is 0.321 e. The van der Waals surface area contributed by atoms with Gasteiger partial charge in [0.25, 0.3) is 0 Å². The van der Waals surface area contributed by atoms with Crippen molar-refractivity contribution in [2.45, 2.75) is 37.4 Å². The zero-order valence-electron chi connectivity index (χ0n) is 17.3. The monoisotopic (exact) mass is 470 g/mol. The maximum atomic E-state index is 12.3. The topological polar surface area (TPSA) is 118 Å². The number of carbonyl (C=O) groups is 3. The Labute approximate surface area is 193 Å². The second-order valence-electron chi connectivity index (χ2n) is 7.28. The van der Waals surface area contributed by atoms with Gasteiger partial charge in [0, 0.05) is 23.4 Å². The summed E-state index contributed by atoms with van der Waals surface area (Å²) in [5.41, 5.74) is 1.47. The van der Waals surface area contributed by atoms with Crippen LogP contribution in [0.1, 0.15) is 36.4 Å². The molecule has 0 atom stereocenters. The van der Waals surface area contributed by atoms with Crippen molar-refractivity contribution in [2.24, 2.45) is 0 Å². The molecule has 1 aromatic carbocycles. The first-order chi connectivity index (χ1) is 15.5. The average molecular weight is 471 g/mol. The zero-order valence-corrected chi connectivity index (χ0v) is 19.0. The van der Waals surface area contributed by atoms with E-state index in [4.69, 9.17) is 0 Å². The van der Waals surface area contributed by atoms with Gasteiger partial charge in [-0.2, -0.15) is 0 Å². The van der Waals surface area contributed by atoms with Crippen molar-refractivity contribution in [2.75, 3.05) is 11.1 Å². The summed E-state index contributed by atoms with van der Waals surface area (Å²) < 4.78 is 1.91. The molecule has 0 bridgehead atoms. The molecule has 1 fully saturated rings. The summed E-state index contributed by atoms with van der Waals surface area (Å²) in [6, 6.07) is 10.7. The molecule has 0 unspecified atom stereocenters. The summed E-state index contributed by atoms with van der Waals surface area (Å²) in [5, 5.41) is 18.9. The molecule has 32 heavy (non-hydrogen) atoms. The Morgan fingerprint density at radius 2 is 2.03 bits per heavy atom. The Hall–Kier alpha value is -3.18. The number of aromatic nitrogens is 3. The van der Waals surface area contributed by atoms with E-state index in [2.05, 4.69) is 26.1 Å². The van der Waals surface area contributed by atoms with E-state index in [0.29, 0.717) is 23.3 Å². The zero-order chi connectivity index (χ0) is 22.5. The SMILES string of the molecule is CC(=O)Nc1cccc(-n2c(SCC(=O)NC(=O)NCc3cccs3)nnc2C2CC2)c1. The van der Waals surface area contributed by atoms with Gasteiger partial charge in [-0.05, 0) is 42.5 Å². The van der Waals surface area contributed by atoms with Gasteiger partial charge in [-0.25, -0.2) is 4.79 Å². The number of amides is 4. The van der Waals surface area contributed by atoms with Gasteiger partial charge in [0.1, 0.15) is 5.82 Å². The van der Waals surface area contributed by atoms with Crippen LogP contribution in [-0.2, 0) is 16.1 Å². The highest BCUT2D eigenvalue weighted by Gasteiger charge is 2.31. The number of nitrogens with one attached hydrogen (secondary N) is 3. The number of rotatable bonds is 8. The van der Waals surface area contributed by atoms with Crippen LogP contribution in [0.3, 0.4) is 0 Å². The van der Waals surface area contributed by atoms with Gasteiger partial charge < -0.3 is 10.6 Å². The van der Waals surface area contributed by atoms with Crippen LogP contribution in [0.4, 0.5) is 10.5 Å². The lowest BCUT2D eigenvalue weighted by Gasteiger charge is -2.12. The van der Waals surface area contributed by atoms with Gasteiger partial charge >= 0.3 is 6.03 Å². The molecule has 4 rings (SSSR count). The van der Waals surface area contributed by atoms with E-state index in [1.54, 1.807) is 6.07 Å². The van der Waals surface area contributed by atoms with E-state index in [1.807, 2.05) is 40.3 Å². The van der Waals surface area contributed by atoms with Crippen molar-refractivity contribution in [3.8, 4) is 5.69 Å². The average Bonchev–Trinajstić information content (AvgIpc) is 3.30. The largest absolute Gasteiger partial charge is 0.333 e. The van der Waals surface area contributed by atoms with Crippen LogP contribution in [-0.4, -0.2) is 38.4 Å². The van der Waals surface area contributed by atoms with E-state index in [-0.39, 0.29) is 11.7 Å². The molecule has 1 aliphatic carbocycles. The third kappa shape index (κ3) is 5.74. The van der Waals surface area contributed by atoms with Crippen molar-refractivity contribution >= 4 is 46.6 Å². The summed E-state index contributed by atoms with van der Waals surface area (Å²) in [5.74, 6) is 0.602. The van der Waals surface area contributed by atoms with Crippen LogP contribution in [0, 0.1) is 0 Å². The molecule has 0 saturated heterocycles. The molecule has 0 aliphatic heterocycles. The van der Waals surface area contributed by atoms with Gasteiger partial charge in [0.05, 0.1) is 18.0 Å². The molecule has 0 radical (unpaired) electrons. The van der Waals surface area contributed by atoms with Gasteiger partial charge in [-0.15, -0.1) is 21.5 Å². The number of thioether (sulfide) groups is 1. The fourth-order valence-electron chi connectivity index (χ4n) is 3.07. The number of nitrogens with zero attached hydrogens (tertiary/aromatic N) is 3. The summed E-state index contributed by atoms with van der Waals surface area (Å²) in [7, 11) is 0. The lowest BCUT2D eigenvalue weighted by atomic mass is 10.2. The summed E-state index contributed by atoms with van der Waals surface area (Å²) in [4.78, 5) is 36.7. The number of anilines is 1. The highest BCUT2D eigenvalue weighted by molar-refractivity contribution is 7.99. The molecule has 1 aliphatic rings. The molecule has 0 spiro atoms. The van der Waals surface area contributed by atoms with Crippen LogP contribution in [0.5, 0.6) is 0 Å². The van der Waals surface area contributed by atoms with Crippen LogP contribution in [0.2, 0.25) is 0 Å². The van der Waals surface area contributed by atoms with E-state index in [0.717, 1.165) is 29.2 Å². The maximum absolute atomic E-state index is 12.3. The highest BCUT2D eigenvalue weighted by Crippen LogP contribution is 2.41. The van der Waals surface area contributed by atoms with Crippen LogP contribution in [0.15, 0.2) is 46.9 Å². The number of thiophene rings is 1. The number of imide groups is 1. The molecule has 4 amide bonds. The van der Waals surface area contributed by atoms with Crippen LogP contribution < -0.4 is 16.0 Å². The van der Waals surface area contributed by atoms with Crippen molar-refractivity contribution in [1.29, 1.82) is 0 Å². The predicted molar refractivity (Wildman–Crippen MR) is 123 cm³/mol. The minimum Gasteiger partial charge on any atom is -0.333 e. The smallest absolute Gasteiger partial charge is 0.321 e. The van der Waals surface area contributed by atoms with Crippen molar-refractivity contribution in [1.82, 2.24) is 25.4 Å². The fraction of sp³-hybridized carbons (Fsp3) is 0.286. The highest BCUT2D eigenvalue weighted by atomic mass is 32.2. The minimum atomic E-state index is -0.535. The number of hydrogen-bond acceptors (Lipinski definition) is 7. The number of benzene rings is 1. The Morgan fingerprint density at radius 1 is 1.19 bits per heavy atom. The normalized spacial score (nSPS) is 12.9. The Kier molecular flexibility index (Phi) is 6.86. The molecule has 9 nitrogen and oxygen atoms in total. The first-order valence-electron chi connectivity index (χ1n) is 10.1. The van der Waals surface area contributed by atoms with E-state index >= 15 is 0 Å². The lowest BCUT2D eigenvalue weighted by Crippen LogP contribution is -2.39. The molecular formula is C21H22N6O3S2. The van der Waals surface area contributed by atoms with Gasteiger partial charge in [0.2, 0.25) is 11.8 Å². The third-order valence-electron chi connectivity index (χ3n) is 4.61. The van der Waals surface area contributed by atoms with Crippen molar-refractivity contribution in [3.63, 3.8) is 0 Å². The molecular weight excluding hydrogens is 448 g/mol. The van der Waals surface area contributed by atoms with Gasteiger partial charge in [0.15, 0.2) is 5.16 Å². The second-order valence-corrected chi connectivity index (χ2v) is 9.26. The molecule has 3 N–H and O–H groups in total. The molecule has 2 heterocycles. The quantitative estimate of drug-likeness (QED) is 0.435. The van der Waals surface area contributed by atoms with Crippen molar-refractivity contribution < 1.29 is 14.4 Å². The molecule has 11 heteroatoms. The Bertz CT molecular complexity index is 1120. The van der Waals surface area contributed by atoms with Crippen molar-refractivity contribution in [3.05, 3.63) is 52.5 Å². The molecule has 3 aromatic rings. The third-order valence-corrected chi connectivity index (χ3v) is 6.42. The van der Waals surface area contributed by atoms with E-state index in [1.165, 1.54) is 30.0 Å². The lowest BCUT2D eigenvalue weighted by molar-refractivity contribution is -0.117. The van der Waals surface area contributed by atoms with Crippen LogP contribution >= 0.6 is 23.1 Å². The molecule has 2 aromatic heterocycles. The summed E-state index contributed by atoms with van der Waals surface area (Å²) in [6.07, 6.45) is 2.08. The van der Waals surface area contributed by atoms with E-state index < -0.39 is 11.9 Å². The first kappa shape index (κ1) is 22.0. The standard InChI is InChI=1S/C21H22N6O3S2/c1-13(28)23-15-4-2-5-16(10-15)27-19(14-7-8-14)25-26-21(27)32-12-18(29)24-20(30)22-11-17-6-3-9-31-17/h2-6,9-10,14H,7-8,11-12H2,1H3,(H,23,28)(H2,22,24,29,30). The fourth-order valence-corrected chi connectivity index (χ4v) is 4.47. The number of urea groups is 1. The van der Waals surface area contributed by atoms with Crippen LogP contribution in [0.25, 0.3) is 5.69 Å². The number of carbonyl (C=O) groups excluding carboxylic acids is 3. The number of hydrogen-bond donors (Lipinski definition) is 3. The van der Waals surface area contributed by atoms with Gasteiger partial charge in [-0.1, -0.05) is 23.9 Å². The molecule has 1 saturated carbocycles. The second kappa shape index (κ2) is 9.96. The first-order valence-corrected chi connectivity index (χ1v) is 11.9. The molecule has 166 valence electrons. The Balaban J connectivity index is 1.41. The summed E-state index contributed by atoms with van der Waals surface area (Å²) in [6.45, 7) is 1.82. The predicted octanol–water partition coefficient (Wildman–Crippen LogP) is 3.28. The minimum absolute atomic E-state index is 0.0145. The van der Waals surface area contributed by atoms with E-state index in [9.17, 15) is 14.4 Å². The Morgan fingerprint density at radius 3 is 2.75 bits per heavy atom.